The number of carboxylic acid groups (broad SMARTS) is 1. The molecule has 1 atom stereocenters. The van der Waals surface area contributed by atoms with Gasteiger partial charge in [0.2, 0.25) is 0 Å². The molecule has 126 valence electrons. The number of piperidine rings is 1. The third-order valence-electron chi connectivity index (χ3n) is 4.01. The fraction of sp³-hybridized carbons (Fsp3) is 0.312. The molecular formula is C16H15Cl2N3O3. The Morgan fingerprint density at radius 3 is 2.71 bits per heavy atom. The average molecular weight is 368 g/mol. The average Bonchev–Trinajstić information content (AvgIpc) is 3.03. The maximum Gasteiger partial charge on any atom is 0.326 e. The van der Waals surface area contributed by atoms with E-state index in [2.05, 4.69) is 5.10 Å². The van der Waals surface area contributed by atoms with Crippen molar-refractivity contribution in [2.45, 2.75) is 25.3 Å². The van der Waals surface area contributed by atoms with Crippen molar-refractivity contribution >= 4 is 35.1 Å². The molecule has 1 aromatic carbocycles. The molecule has 1 amide bonds. The monoisotopic (exact) mass is 367 g/mol. The molecule has 0 saturated carbocycles. The molecular weight excluding hydrogens is 353 g/mol. The molecule has 0 radical (unpaired) electrons. The van der Waals surface area contributed by atoms with E-state index in [4.69, 9.17) is 23.2 Å². The van der Waals surface area contributed by atoms with Gasteiger partial charge in [0.1, 0.15) is 6.04 Å². The minimum Gasteiger partial charge on any atom is -0.480 e. The molecule has 0 bridgehead atoms. The van der Waals surface area contributed by atoms with Crippen molar-refractivity contribution in [2.24, 2.45) is 0 Å². The van der Waals surface area contributed by atoms with E-state index in [1.807, 2.05) is 0 Å². The zero-order chi connectivity index (χ0) is 17.3. The molecule has 0 spiro atoms. The molecule has 1 fully saturated rings. The molecule has 1 unspecified atom stereocenters. The van der Waals surface area contributed by atoms with E-state index in [9.17, 15) is 14.7 Å². The summed E-state index contributed by atoms with van der Waals surface area (Å²) >= 11 is 12.0. The van der Waals surface area contributed by atoms with Crippen LogP contribution in [0.4, 0.5) is 0 Å². The second-order valence-electron chi connectivity index (χ2n) is 5.59. The molecule has 1 aromatic heterocycles. The lowest BCUT2D eigenvalue weighted by atomic mass is 10.0. The minimum absolute atomic E-state index is 0.189. The second kappa shape index (κ2) is 6.83. The number of likely N-dealkylation sites (tertiary alicyclic amines) is 1. The highest BCUT2D eigenvalue weighted by Gasteiger charge is 2.33. The lowest BCUT2D eigenvalue weighted by molar-refractivity contribution is -0.143. The summed E-state index contributed by atoms with van der Waals surface area (Å²) in [6.07, 6.45) is 3.67. The van der Waals surface area contributed by atoms with E-state index in [0.29, 0.717) is 28.7 Å². The number of carbonyl (C=O) groups is 2. The van der Waals surface area contributed by atoms with Crippen molar-refractivity contribution in [1.82, 2.24) is 14.7 Å². The van der Waals surface area contributed by atoms with Crippen LogP contribution in [0.1, 0.15) is 29.8 Å². The van der Waals surface area contributed by atoms with E-state index >= 15 is 0 Å². The minimum atomic E-state index is -0.983. The molecule has 0 aliphatic carbocycles. The van der Waals surface area contributed by atoms with E-state index < -0.39 is 12.0 Å². The quantitative estimate of drug-likeness (QED) is 0.903. The number of rotatable bonds is 3. The highest BCUT2D eigenvalue weighted by Crippen LogP contribution is 2.25. The molecule has 2 aromatic rings. The molecule has 1 aliphatic rings. The Hall–Kier alpha value is -2.05. The van der Waals surface area contributed by atoms with Crippen LogP contribution in [0, 0.1) is 0 Å². The summed E-state index contributed by atoms with van der Waals surface area (Å²) in [7, 11) is 0. The number of halogens is 2. The Morgan fingerprint density at radius 2 is 2.00 bits per heavy atom. The molecule has 8 heteroatoms. The first-order valence-electron chi connectivity index (χ1n) is 7.52. The molecule has 6 nitrogen and oxygen atoms in total. The summed E-state index contributed by atoms with van der Waals surface area (Å²) in [6.45, 7) is 0.421. The number of nitrogens with zero attached hydrogens (tertiary/aromatic N) is 3. The van der Waals surface area contributed by atoms with Crippen molar-refractivity contribution in [2.75, 3.05) is 6.54 Å². The molecule has 2 heterocycles. The van der Waals surface area contributed by atoms with Crippen LogP contribution < -0.4 is 0 Å². The Balaban J connectivity index is 1.87. The zero-order valence-corrected chi connectivity index (χ0v) is 14.2. The molecule has 1 saturated heterocycles. The fourth-order valence-electron chi connectivity index (χ4n) is 2.82. The Bertz CT molecular complexity index is 791. The van der Waals surface area contributed by atoms with E-state index in [0.717, 1.165) is 12.8 Å². The normalized spacial score (nSPS) is 17.8. The first-order valence-corrected chi connectivity index (χ1v) is 8.28. The van der Waals surface area contributed by atoms with Crippen LogP contribution in [0.3, 0.4) is 0 Å². The van der Waals surface area contributed by atoms with Crippen molar-refractivity contribution in [3.63, 3.8) is 0 Å². The van der Waals surface area contributed by atoms with Gasteiger partial charge in [0, 0.05) is 17.8 Å². The number of hydrogen-bond donors (Lipinski definition) is 1. The smallest absolute Gasteiger partial charge is 0.326 e. The number of carbonyl (C=O) groups excluding carboxylic acids is 1. The maximum atomic E-state index is 12.6. The van der Waals surface area contributed by atoms with Gasteiger partial charge >= 0.3 is 5.97 Å². The van der Waals surface area contributed by atoms with Gasteiger partial charge in [-0.25, -0.2) is 9.48 Å². The van der Waals surface area contributed by atoms with Gasteiger partial charge in [-0.1, -0.05) is 23.2 Å². The number of amides is 1. The van der Waals surface area contributed by atoms with E-state index in [-0.39, 0.29) is 11.6 Å². The van der Waals surface area contributed by atoms with E-state index in [1.165, 1.54) is 9.58 Å². The lowest BCUT2D eigenvalue weighted by Crippen LogP contribution is -2.48. The summed E-state index contributed by atoms with van der Waals surface area (Å²) in [5.41, 5.74) is 0.780. The number of aliphatic carboxylic acids is 1. The van der Waals surface area contributed by atoms with Crippen molar-refractivity contribution in [3.05, 3.63) is 46.2 Å². The summed E-state index contributed by atoms with van der Waals surface area (Å²) in [5.74, 6) is -1.37. The number of hydrogen-bond acceptors (Lipinski definition) is 3. The van der Waals surface area contributed by atoms with Crippen molar-refractivity contribution in [3.8, 4) is 5.69 Å². The summed E-state index contributed by atoms with van der Waals surface area (Å²) in [4.78, 5) is 25.4. The van der Waals surface area contributed by atoms with Gasteiger partial charge in [-0.3, -0.25) is 4.79 Å². The van der Waals surface area contributed by atoms with Crippen LogP contribution in [-0.4, -0.2) is 44.3 Å². The van der Waals surface area contributed by atoms with Gasteiger partial charge < -0.3 is 10.0 Å². The first kappa shape index (κ1) is 16.8. The van der Waals surface area contributed by atoms with Gasteiger partial charge in [0.15, 0.2) is 5.69 Å². The van der Waals surface area contributed by atoms with Crippen LogP contribution >= 0.6 is 23.2 Å². The summed E-state index contributed by atoms with van der Waals surface area (Å²) in [5, 5.41) is 14.5. The van der Waals surface area contributed by atoms with Crippen LogP contribution in [0.2, 0.25) is 10.0 Å². The Labute approximate surface area is 148 Å². The van der Waals surface area contributed by atoms with Gasteiger partial charge in [-0.15, -0.1) is 0 Å². The second-order valence-corrected chi connectivity index (χ2v) is 6.43. The van der Waals surface area contributed by atoms with Crippen molar-refractivity contribution < 1.29 is 14.7 Å². The lowest BCUT2D eigenvalue weighted by Gasteiger charge is -2.32. The number of aromatic nitrogens is 2. The van der Waals surface area contributed by atoms with Crippen LogP contribution in [0.25, 0.3) is 5.69 Å². The maximum absolute atomic E-state index is 12.6. The number of carboxylic acids is 1. The van der Waals surface area contributed by atoms with Gasteiger partial charge in [-0.05, 0) is 43.5 Å². The van der Waals surface area contributed by atoms with E-state index in [1.54, 1.807) is 30.5 Å². The molecule has 1 N–H and O–H groups in total. The molecule has 24 heavy (non-hydrogen) atoms. The first-order chi connectivity index (χ1) is 11.5. The Kier molecular flexibility index (Phi) is 4.78. The van der Waals surface area contributed by atoms with Crippen LogP contribution in [0.5, 0.6) is 0 Å². The third-order valence-corrected chi connectivity index (χ3v) is 4.55. The fourth-order valence-corrected chi connectivity index (χ4v) is 3.31. The van der Waals surface area contributed by atoms with Gasteiger partial charge in [0.05, 0.1) is 10.7 Å². The van der Waals surface area contributed by atoms with Crippen molar-refractivity contribution in [1.29, 1.82) is 0 Å². The SMILES string of the molecule is O=C(O)C1CCCCN1C(=O)c1ccn(-c2ccc(Cl)cc2Cl)n1. The van der Waals surface area contributed by atoms with Gasteiger partial charge in [0.25, 0.3) is 5.91 Å². The molecule has 1 aliphatic heterocycles. The Morgan fingerprint density at radius 1 is 1.21 bits per heavy atom. The largest absolute Gasteiger partial charge is 0.480 e. The van der Waals surface area contributed by atoms with Crippen LogP contribution in [-0.2, 0) is 4.79 Å². The topological polar surface area (TPSA) is 75.4 Å². The van der Waals surface area contributed by atoms with Crippen LogP contribution in [0.15, 0.2) is 30.5 Å². The predicted molar refractivity (Wildman–Crippen MR) is 89.9 cm³/mol. The van der Waals surface area contributed by atoms with Gasteiger partial charge in [-0.2, -0.15) is 5.10 Å². The zero-order valence-electron chi connectivity index (χ0n) is 12.7. The summed E-state index contributed by atoms with van der Waals surface area (Å²) in [6, 6.07) is 5.73. The highest BCUT2D eigenvalue weighted by atomic mass is 35.5. The third kappa shape index (κ3) is 3.25. The molecule has 3 rings (SSSR count). The predicted octanol–water partition coefficient (Wildman–Crippen LogP) is 3.26. The highest BCUT2D eigenvalue weighted by molar-refractivity contribution is 6.35. The number of benzene rings is 1. The standard InChI is InChI=1S/C16H15Cl2N3O3/c17-10-4-5-13(11(18)9-10)21-8-6-12(19-21)15(22)20-7-2-1-3-14(20)16(23)24/h4-6,8-9,14H,1-3,7H2,(H,23,24). The summed E-state index contributed by atoms with van der Waals surface area (Å²) < 4.78 is 1.48.